The smallest absolute Gasteiger partial charge is 0.150 e. The summed E-state index contributed by atoms with van der Waals surface area (Å²) < 4.78 is 0. The molecule has 0 aromatic carbocycles. The monoisotopic (exact) mass is 259 g/mol. The Hall–Kier alpha value is -1.80. The summed E-state index contributed by atoms with van der Waals surface area (Å²) in [6.07, 6.45) is 5.02. The van der Waals surface area contributed by atoms with Gasteiger partial charge in [0.25, 0.3) is 0 Å². The fourth-order valence-electron chi connectivity index (χ4n) is 2.50. The number of hydrogen-bond acceptors (Lipinski definition) is 5. The molecule has 1 aromatic heterocycles. The van der Waals surface area contributed by atoms with Gasteiger partial charge >= 0.3 is 0 Å². The van der Waals surface area contributed by atoms with Gasteiger partial charge in [-0.25, -0.2) is 4.98 Å². The molecule has 102 valence electrons. The van der Waals surface area contributed by atoms with E-state index in [-0.39, 0.29) is 0 Å². The molecule has 2 heterocycles. The first-order valence-electron chi connectivity index (χ1n) is 6.88. The van der Waals surface area contributed by atoms with Crippen LogP contribution < -0.4 is 11.1 Å². The summed E-state index contributed by atoms with van der Waals surface area (Å²) in [7, 11) is 0. The lowest BCUT2D eigenvalue weighted by Gasteiger charge is -2.32. The normalized spacial score (nSPS) is 17.1. The molecular formula is C14H21N5. The minimum Gasteiger partial charge on any atom is -0.395 e. The molecule has 0 aliphatic carbocycles. The van der Waals surface area contributed by atoms with Crippen LogP contribution in [0.4, 0.5) is 11.5 Å². The highest BCUT2D eigenvalue weighted by Gasteiger charge is 2.19. The third-order valence-corrected chi connectivity index (χ3v) is 3.58. The van der Waals surface area contributed by atoms with Crippen molar-refractivity contribution < 1.29 is 0 Å². The Morgan fingerprint density at radius 3 is 2.89 bits per heavy atom. The van der Waals surface area contributed by atoms with Crippen LogP contribution >= 0.6 is 0 Å². The van der Waals surface area contributed by atoms with Gasteiger partial charge in [-0.15, -0.1) is 0 Å². The maximum Gasteiger partial charge on any atom is 0.150 e. The number of nitrogens with one attached hydrogen (secondary N) is 1. The van der Waals surface area contributed by atoms with Crippen molar-refractivity contribution in [3.8, 4) is 6.07 Å². The highest BCUT2D eigenvalue weighted by molar-refractivity contribution is 5.69. The molecule has 0 spiro atoms. The Balaban J connectivity index is 1.94. The molecule has 19 heavy (non-hydrogen) atoms. The number of likely N-dealkylation sites (tertiary alicyclic amines) is 1. The Kier molecular flexibility index (Phi) is 4.58. The van der Waals surface area contributed by atoms with Gasteiger partial charge in [-0.05, 0) is 31.9 Å². The molecule has 1 fully saturated rings. The molecule has 1 aliphatic heterocycles. The molecule has 0 unspecified atom stereocenters. The van der Waals surface area contributed by atoms with Crippen molar-refractivity contribution in [1.29, 1.82) is 5.26 Å². The molecule has 1 aliphatic rings. The standard InChI is InChI=1S/C14H21N5/c1-2-7-19-8-4-12(5-9-19)18-14-13(16)11(10-15)3-6-17-14/h3,6,12H,2,4-5,7-9,16H2,1H3,(H,17,18). The van der Waals surface area contributed by atoms with E-state index in [1.807, 2.05) is 0 Å². The summed E-state index contributed by atoms with van der Waals surface area (Å²) in [4.78, 5) is 6.72. The molecule has 0 bridgehead atoms. The third-order valence-electron chi connectivity index (χ3n) is 3.58. The Morgan fingerprint density at radius 2 is 2.26 bits per heavy atom. The van der Waals surface area contributed by atoms with E-state index in [0.29, 0.717) is 23.1 Å². The number of nitrogen functional groups attached to an aromatic ring is 1. The Bertz CT molecular complexity index is 457. The number of rotatable bonds is 4. The van der Waals surface area contributed by atoms with Crippen molar-refractivity contribution in [1.82, 2.24) is 9.88 Å². The number of pyridine rings is 1. The van der Waals surface area contributed by atoms with Crippen LogP contribution in [0.3, 0.4) is 0 Å². The van der Waals surface area contributed by atoms with Gasteiger partial charge < -0.3 is 16.0 Å². The lowest BCUT2D eigenvalue weighted by Crippen LogP contribution is -2.39. The maximum absolute atomic E-state index is 8.95. The van der Waals surface area contributed by atoms with E-state index in [1.165, 1.54) is 13.0 Å². The number of nitrogens with zero attached hydrogens (tertiary/aromatic N) is 3. The maximum atomic E-state index is 8.95. The molecule has 3 N–H and O–H groups in total. The second-order valence-corrected chi connectivity index (χ2v) is 4.99. The van der Waals surface area contributed by atoms with Gasteiger partial charge in [0.15, 0.2) is 5.82 Å². The number of anilines is 2. The van der Waals surface area contributed by atoms with E-state index in [1.54, 1.807) is 12.3 Å². The number of aromatic nitrogens is 1. The largest absolute Gasteiger partial charge is 0.395 e. The SMILES string of the molecule is CCCN1CCC(Nc2nccc(C#N)c2N)CC1. The minimum atomic E-state index is 0.400. The van der Waals surface area contributed by atoms with Crippen LogP contribution in [0.15, 0.2) is 12.3 Å². The predicted molar refractivity (Wildman–Crippen MR) is 76.7 cm³/mol. The van der Waals surface area contributed by atoms with Crippen LogP contribution in [0.25, 0.3) is 0 Å². The fraction of sp³-hybridized carbons (Fsp3) is 0.571. The number of nitrogens with two attached hydrogens (primary N) is 1. The zero-order valence-corrected chi connectivity index (χ0v) is 11.4. The van der Waals surface area contributed by atoms with Gasteiger partial charge in [0.05, 0.1) is 11.3 Å². The lowest BCUT2D eigenvalue weighted by atomic mass is 10.0. The molecule has 5 nitrogen and oxygen atoms in total. The van der Waals surface area contributed by atoms with Crippen molar-refractivity contribution in [2.45, 2.75) is 32.2 Å². The average molecular weight is 259 g/mol. The van der Waals surface area contributed by atoms with Crippen molar-refractivity contribution >= 4 is 11.5 Å². The quantitative estimate of drug-likeness (QED) is 0.862. The first-order chi connectivity index (χ1) is 9.24. The molecule has 0 atom stereocenters. The van der Waals surface area contributed by atoms with Crippen molar-refractivity contribution in [2.75, 3.05) is 30.7 Å². The van der Waals surface area contributed by atoms with Gasteiger partial charge in [0.2, 0.25) is 0 Å². The second kappa shape index (κ2) is 6.39. The molecule has 2 rings (SSSR count). The first kappa shape index (κ1) is 13.6. The van der Waals surface area contributed by atoms with Crippen molar-refractivity contribution in [2.24, 2.45) is 0 Å². The van der Waals surface area contributed by atoms with Gasteiger partial charge in [-0.2, -0.15) is 5.26 Å². The Labute approximate surface area is 114 Å². The lowest BCUT2D eigenvalue weighted by molar-refractivity contribution is 0.219. The van der Waals surface area contributed by atoms with Crippen LogP contribution in [-0.4, -0.2) is 35.6 Å². The highest BCUT2D eigenvalue weighted by atomic mass is 15.1. The van der Waals surface area contributed by atoms with Crippen LogP contribution in [0, 0.1) is 11.3 Å². The molecule has 0 amide bonds. The summed E-state index contributed by atoms with van der Waals surface area (Å²) >= 11 is 0. The topological polar surface area (TPSA) is 78.0 Å². The van der Waals surface area contributed by atoms with E-state index in [2.05, 4.69) is 28.2 Å². The van der Waals surface area contributed by atoms with Gasteiger partial charge in [-0.1, -0.05) is 6.92 Å². The number of hydrogen-bond donors (Lipinski definition) is 2. The van der Waals surface area contributed by atoms with Crippen LogP contribution in [-0.2, 0) is 0 Å². The zero-order valence-electron chi connectivity index (χ0n) is 11.4. The second-order valence-electron chi connectivity index (χ2n) is 4.99. The highest BCUT2D eigenvalue weighted by Crippen LogP contribution is 2.22. The van der Waals surface area contributed by atoms with E-state index >= 15 is 0 Å². The van der Waals surface area contributed by atoms with E-state index in [0.717, 1.165) is 25.9 Å². The van der Waals surface area contributed by atoms with Gasteiger partial charge in [0, 0.05) is 25.3 Å². The van der Waals surface area contributed by atoms with Gasteiger partial charge in [-0.3, -0.25) is 0 Å². The Morgan fingerprint density at radius 1 is 1.53 bits per heavy atom. The van der Waals surface area contributed by atoms with Crippen molar-refractivity contribution in [3.05, 3.63) is 17.8 Å². The first-order valence-corrected chi connectivity index (χ1v) is 6.88. The molecular weight excluding hydrogens is 238 g/mol. The van der Waals surface area contributed by atoms with Crippen LogP contribution in [0.5, 0.6) is 0 Å². The third kappa shape index (κ3) is 3.36. The molecule has 0 saturated carbocycles. The summed E-state index contributed by atoms with van der Waals surface area (Å²) in [5.74, 6) is 0.646. The van der Waals surface area contributed by atoms with Crippen molar-refractivity contribution in [3.63, 3.8) is 0 Å². The van der Waals surface area contributed by atoms with E-state index < -0.39 is 0 Å². The molecule has 0 radical (unpaired) electrons. The minimum absolute atomic E-state index is 0.400. The summed E-state index contributed by atoms with van der Waals surface area (Å²) in [6.45, 7) is 5.62. The average Bonchev–Trinajstić information content (AvgIpc) is 2.43. The molecule has 5 heteroatoms. The number of nitriles is 1. The summed E-state index contributed by atoms with van der Waals surface area (Å²) in [5.41, 5.74) is 6.87. The predicted octanol–water partition coefficient (Wildman–Crippen LogP) is 1.82. The molecule has 1 saturated heterocycles. The fourth-order valence-corrected chi connectivity index (χ4v) is 2.50. The van der Waals surface area contributed by atoms with Crippen LogP contribution in [0.1, 0.15) is 31.7 Å². The number of piperidine rings is 1. The van der Waals surface area contributed by atoms with Gasteiger partial charge in [0.1, 0.15) is 6.07 Å². The molecule has 1 aromatic rings. The van der Waals surface area contributed by atoms with E-state index in [9.17, 15) is 0 Å². The summed E-state index contributed by atoms with van der Waals surface area (Å²) in [6, 6.07) is 4.13. The van der Waals surface area contributed by atoms with Crippen LogP contribution in [0.2, 0.25) is 0 Å². The zero-order chi connectivity index (χ0) is 13.7. The van der Waals surface area contributed by atoms with E-state index in [4.69, 9.17) is 11.0 Å². The summed E-state index contributed by atoms with van der Waals surface area (Å²) in [5, 5.41) is 12.3.